The van der Waals surface area contributed by atoms with E-state index in [1.54, 1.807) is 10.9 Å². The van der Waals surface area contributed by atoms with E-state index in [4.69, 9.17) is 0 Å². The highest BCUT2D eigenvalue weighted by Gasteiger charge is 2.20. The predicted molar refractivity (Wildman–Crippen MR) is 125 cm³/mol. The molecule has 1 aliphatic heterocycles. The molecule has 0 aliphatic carbocycles. The molecule has 164 valence electrons. The van der Waals surface area contributed by atoms with Crippen LogP contribution in [0.25, 0.3) is 16.6 Å². The van der Waals surface area contributed by atoms with Crippen LogP contribution in [0.3, 0.4) is 0 Å². The number of likely N-dealkylation sites (tertiary alicyclic amines) is 1. The number of pyridine rings is 1. The minimum absolute atomic E-state index is 0.280. The van der Waals surface area contributed by atoms with E-state index in [9.17, 15) is 4.79 Å². The maximum Gasteiger partial charge on any atom is 0.279 e. The van der Waals surface area contributed by atoms with E-state index < -0.39 is 0 Å². The molecule has 0 atom stereocenters. The van der Waals surface area contributed by atoms with Crippen molar-refractivity contribution < 1.29 is 4.79 Å². The molecule has 9 heteroatoms. The number of carbonyl (C=O) groups is 1. The number of thiazole rings is 1. The Balaban J connectivity index is 1.32. The summed E-state index contributed by atoms with van der Waals surface area (Å²) in [6.45, 7) is 4.90. The third-order valence-electron chi connectivity index (χ3n) is 5.81. The third-order valence-corrected chi connectivity index (χ3v) is 6.61. The van der Waals surface area contributed by atoms with E-state index in [2.05, 4.69) is 30.5 Å². The highest BCUT2D eigenvalue weighted by Crippen LogP contribution is 2.23. The minimum atomic E-state index is -0.308. The van der Waals surface area contributed by atoms with Crippen molar-refractivity contribution in [2.75, 3.05) is 18.4 Å². The topological polar surface area (TPSA) is 88.8 Å². The van der Waals surface area contributed by atoms with Gasteiger partial charge in [0.2, 0.25) is 0 Å². The summed E-state index contributed by atoms with van der Waals surface area (Å²) in [5.41, 5.74) is 3.53. The molecule has 1 aliphatic rings. The number of carbonyl (C=O) groups excluding carboxylic acids is 1. The molecular formula is C23H25N7OS. The Morgan fingerprint density at radius 1 is 1.12 bits per heavy atom. The zero-order valence-electron chi connectivity index (χ0n) is 18.0. The van der Waals surface area contributed by atoms with Gasteiger partial charge in [-0.15, -0.1) is 16.4 Å². The summed E-state index contributed by atoms with van der Waals surface area (Å²) in [7, 11) is 0. The van der Waals surface area contributed by atoms with Gasteiger partial charge in [-0.2, -0.15) is 0 Å². The monoisotopic (exact) mass is 447 g/mol. The average Bonchev–Trinajstić information content (AvgIpc) is 3.31. The second kappa shape index (κ2) is 9.13. The van der Waals surface area contributed by atoms with Gasteiger partial charge in [0.1, 0.15) is 0 Å². The van der Waals surface area contributed by atoms with Gasteiger partial charge in [-0.05, 0) is 45.0 Å². The second-order valence-corrected chi connectivity index (χ2v) is 8.93. The van der Waals surface area contributed by atoms with Crippen molar-refractivity contribution in [3.63, 3.8) is 0 Å². The Hall–Kier alpha value is -3.17. The largest absolute Gasteiger partial charge is 0.297 e. The van der Waals surface area contributed by atoms with Crippen molar-refractivity contribution >= 4 is 33.3 Å². The van der Waals surface area contributed by atoms with E-state index >= 15 is 0 Å². The molecule has 3 aromatic heterocycles. The number of nitrogens with one attached hydrogen (secondary N) is 1. The van der Waals surface area contributed by atoms with Crippen molar-refractivity contribution in [2.45, 2.75) is 39.2 Å². The Bertz CT molecular complexity index is 1230. The van der Waals surface area contributed by atoms with Gasteiger partial charge in [0, 0.05) is 23.5 Å². The van der Waals surface area contributed by atoms with Gasteiger partial charge in [-0.1, -0.05) is 36.3 Å². The molecule has 32 heavy (non-hydrogen) atoms. The summed E-state index contributed by atoms with van der Waals surface area (Å²) in [6.07, 6.45) is 6.86. The predicted octanol–water partition coefficient (Wildman–Crippen LogP) is 4.21. The molecule has 4 aromatic rings. The lowest BCUT2D eigenvalue weighted by atomic mass is 10.2. The van der Waals surface area contributed by atoms with Gasteiger partial charge in [0.05, 0.1) is 22.6 Å². The number of aromatic nitrogens is 5. The molecule has 0 bridgehead atoms. The van der Waals surface area contributed by atoms with E-state index in [-0.39, 0.29) is 11.6 Å². The number of nitrogens with zero attached hydrogens (tertiary/aromatic N) is 6. The summed E-state index contributed by atoms with van der Waals surface area (Å²) in [4.78, 5) is 24.4. The number of benzene rings is 1. The Kier molecular flexibility index (Phi) is 5.91. The average molecular weight is 448 g/mol. The molecule has 1 amide bonds. The van der Waals surface area contributed by atoms with Crippen LogP contribution in [0.5, 0.6) is 0 Å². The summed E-state index contributed by atoms with van der Waals surface area (Å²) in [6, 6.07) is 9.76. The van der Waals surface area contributed by atoms with E-state index in [0.29, 0.717) is 10.8 Å². The van der Waals surface area contributed by atoms with E-state index in [1.165, 1.54) is 37.0 Å². The zero-order valence-corrected chi connectivity index (χ0v) is 18.8. The smallest absolute Gasteiger partial charge is 0.279 e. The second-order valence-electron chi connectivity index (χ2n) is 8.08. The summed E-state index contributed by atoms with van der Waals surface area (Å²) in [5, 5.41) is 14.9. The molecule has 4 heterocycles. The maximum absolute atomic E-state index is 12.9. The Labute approximate surface area is 190 Å². The molecule has 1 N–H and O–H groups in total. The summed E-state index contributed by atoms with van der Waals surface area (Å²) >= 11 is 1.44. The molecule has 1 saturated heterocycles. The van der Waals surface area contributed by atoms with Gasteiger partial charge in [0.15, 0.2) is 10.8 Å². The van der Waals surface area contributed by atoms with Crippen LogP contribution in [-0.4, -0.2) is 48.9 Å². The van der Waals surface area contributed by atoms with E-state index in [0.717, 1.165) is 41.9 Å². The van der Waals surface area contributed by atoms with Gasteiger partial charge in [-0.3, -0.25) is 20.0 Å². The van der Waals surface area contributed by atoms with Gasteiger partial charge in [0.25, 0.3) is 5.91 Å². The van der Waals surface area contributed by atoms with E-state index in [1.807, 2.05) is 42.6 Å². The molecule has 0 radical (unpaired) electrons. The molecule has 1 aromatic carbocycles. The standard InChI is InChI=1S/C23H25N7OS/c1-16-20(27-28-30(16)19-10-6-8-17-9-7-11-24-21(17)19)22(31)26-23-25-18(15-32-23)14-29-12-4-2-3-5-13-29/h6-11,15H,2-5,12-14H2,1H3,(H,25,26,31). The fourth-order valence-corrected chi connectivity index (χ4v) is 4.84. The quantitative estimate of drug-likeness (QED) is 0.493. The summed E-state index contributed by atoms with van der Waals surface area (Å²) < 4.78 is 1.66. The maximum atomic E-state index is 12.9. The Morgan fingerprint density at radius 3 is 2.78 bits per heavy atom. The minimum Gasteiger partial charge on any atom is -0.297 e. The molecule has 5 rings (SSSR count). The number of hydrogen-bond donors (Lipinski definition) is 1. The summed E-state index contributed by atoms with van der Waals surface area (Å²) in [5.74, 6) is -0.308. The van der Waals surface area contributed by atoms with Crippen LogP contribution in [0.15, 0.2) is 41.9 Å². The van der Waals surface area contributed by atoms with Crippen LogP contribution in [0.4, 0.5) is 5.13 Å². The molecule has 8 nitrogen and oxygen atoms in total. The van der Waals surface area contributed by atoms with Crippen molar-refractivity contribution in [1.82, 2.24) is 29.9 Å². The number of rotatable bonds is 5. The van der Waals surface area contributed by atoms with Crippen LogP contribution in [0.2, 0.25) is 0 Å². The lowest BCUT2D eigenvalue weighted by molar-refractivity contribution is 0.102. The van der Waals surface area contributed by atoms with Crippen LogP contribution in [0, 0.1) is 6.92 Å². The first-order valence-electron chi connectivity index (χ1n) is 10.9. The molecule has 1 fully saturated rings. The van der Waals surface area contributed by atoms with Crippen LogP contribution < -0.4 is 5.32 Å². The highest BCUT2D eigenvalue weighted by molar-refractivity contribution is 7.13. The van der Waals surface area contributed by atoms with Crippen molar-refractivity contribution in [1.29, 1.82) is 0 Å². The lowest BCUT2D eigenvalue weighted by Gasteiger charge is -2.17. The lowest BCUT2D eigenvalue weighted by Crippen LogP contribution is -2.24. The molecule has 0 saturated carbocycles. The molecule has 0 spiro atoms. The van der Waals surface area contributed by atoms with Gasteiger partial charge in [-0.25, -0.2) is 9.67 Å². The SMILES string of the molecule is Cc1c(C(=O)Nc2nc(CN3CCCCCC3)cs2)nnn1-c1cccc2cccnc12. The van der Waals surface area contributed by atoms with Gasteiger partial charge >= 0.3 is 0 Å². The van der Waals surface area contributed by atoms with Crippen molar-refractivity contribution in [3.05, 3.63) is 59.0 Å². The Morgan fingerprint density at radius 2 is 1.94 bits per heavy atom. The molecule has 0 unspecified atom stereocenters. The van der Waals surface area contributed by atoms with Crippen molar-refractivity contribution in [2.24, 2.45) is 0 Å². The van der Waals surface area contributed by atoms with Gasteiger partial charge < -0.3 is 0 Å². The fourth-order valence-electron chi connectivity index (χ4n) is 4.14. The zero-order chi connectivity index (χ0) is 21.9. The first-order valence-corrected chi connectivity index (χ1v) is 11.8. The number of anilines is 1. The number of amides is 1. The first-order chi connectivity index (χ1) is 15.7. The first kappa shape index (κ1) is 20.7. The number of para-hydroxylation sites is 1. The molecular weight excluding hydrogens is 422 g/mol. The highest BCUT2D eigenvalue weighted by atomic mass is 32.1. The number of fused-ring (bicyclic) bond motifs is 1. The fraction of sp³-hybridized carbons (Fsp3) is 0.348. The van der Waals surface area contributed by atoms with Crippen LogP contribution >= 0.6 is 11.3 Å². The van der Waals surface area contributed by atoms with Crippen molar-refractivity contribution in [3.8, 4) is 5.69 Å². The van der Waals surface area contributed by atoms with Crippen LogP contribution in [-0.2, 0) is 6.54 Å². The number of hydrogen-bond acceptors (Lipinski definition) is 7. The third kappa shape index (κ3) is 4.26. The van der Waals surface area contributed by atoms with Crippen LogP contribution in [0.1, 0.15) is 47.6 Å². The normalized spacial score (nSPS) is 15.0.